The fourth-order valence-corrected chi connectivity index (χ4v) is 2.52. The van der Waals surface area contributed by atoms with Crippen molar-refractivity contribution in [1.29, 1.82) is 0 Å². The van der Waals surface area contributed by atoms with Crippen LogP contribution in [-0.2, 0) is 6.54 Å². The van der Waals surface area contributed by atoms with Gasteiger partial charge in [0.05, 0.1) is 6.61 Å². The molecule has 0 radical (unpaired) electrons. The molecule has 0 unspecified atom stereocenters. The number of nitrogens with zero attached hydrogens (tertiary/aromatic N) is 1. The fraction of sp³-hybridized carbons (Fsp3) is 0.412. The highest BCUT2D eigenvalue weighted by molar-refractivity contribution is 5.43. The van der Waals surface area contributed by atoms with E-state index in [1.807, 2.05) is 19.1 Å². The Hall–Kier alpha value is -1.74. The zero-order valence-electron chi connectivity index (χ0n) is 12.9. The van der Waals surface area contributed by atoms with E-state index in [0.717, 1.165) is 18.8 Å². The van der Waals surface area contributed by atoms with E-state index < -0.39 is 0 Å². The minimum Gasteiger partial charge on any atom is -0.494 e. The Kier molecular flexibility index (Phi) is 4.85. The van der Waals surface area contributed by atoms with E-state index in [2.05, 4.69) is 48.9 Å². The van der Waals surface area contributed by atoms with Gasteiger partial charge in [0.2, 0.25) is 0 Å². The van der Waals surface area contributed by atoms with E-state index in [1.165, 1.54) is 22.6 Å². The summed E-state index contributed by atoms with van der Waals surface area (Å²) in [6.45, 7) is 11.1. The lowest BCUT2D eigenvalue weighted by Gasteiger charge is -2.11. The molecular weight excluding hydrogens is 248 g/mol. The summed E-state index contributed by atoms with van der Waals surface area (Å²) in [5.74, 6) is 0.923. The number of benzene rings is 1. The SMILES string of the molecule is CCNCc1cc(C)n(-c2ccc(OCC)cc2)c1C. The summed E-state index contributed by atoms with van der Waals surface area (Å²) < 4.78 is 7.79. The van der Waals surface area contributed by atoms with E-state index in [0.29, 0.717) is 6.61 Å². The van der Waals surface area contributed by atoms with Crippen LogP contribution >= 0.6 is 0 Å². The number of aromatic nitrogens is 1. The summed E-state index contributed by atoms with van der Waals surface area (Å²) in [6.07, 6.45) is 0. The average Bonchev–Trinajstić information content (AvgIpc) is 2.73. The number of hydrogen-bond donors (Lipinski definition) is 1. The van der Waals surface area contributed by atoms with Crippen LogP contribution in [0.15, 0.2) is 30.3 Å². The molecule has 1 aromatic carbocycles. The third-order valence-electron chi connectivity index (χ3n) is 3.51. The Balaban J connectivity index is 2.29. The smallest absolute Gasteiger partial charge is 0.119 e. The molecule has 0 aliphatic carbocycles. The topological polar surface area (TPSA) is 26.2 Å². The summed E-state index contributed by atoms with van der Waals surface area (Å²) in [5.41, 5.74) is 5.11. The lowest BCUT2D eigenvalue weighted by Crippen LogP contribution is -2.12. The third-order valence-corrected chi connectivity index (χ3v) is 3.51. The Morgan fingerprint density at radius 1 is 1.10 bits per heavy atom. The van der Waals surface area contributed by atoms with E-state index in [-0.39, 0.29) is 0 Å². The van der Waals surface area contributed by atoms with Crippen molar-refractivity contribution < 1.29 is 4.74 Å². The van der Waals surface area contributed by atoms with Crippen molar-refractivity contribution in [2.24, 2.45) is 0 Å². The number of ether oxygens (including phenoxy) is 1. The highest BCUT2D eigenvalue weighted by atomic mass is 16.5. The Morgan fingerprint density at radius 3 is 2.40 bits per heavy atom. The molecule has 108 valence electrons. The van der Waals surface area contributed by atoms with Crippen molar-refractivity contribution >= 4 is 0 Å². The number of hydrogen-bond acceptors (Lipinski definition) is 2. The number of rotatable bonds is 6. The van der Waals surface area contributed by atoms with Gasteiger partial charge in [0.15, 0.2) is 0 Å². The minimum absolute atomic E-state index is 0.702. The molecule has 0 aliphatic rings. The first-order valence-electron chi connectivity index (χ1n) is 7.29. The molecule has 2 rings (SSSR count). The molecule has 2 aromatic rings. The number of nitrogens with one attached hydrogen (secondary N) is 1. The van der Waals surface area contributed by atoms with Gasteiger partial charge in [-0.05, 0) is 63.2 Å². The van der Waals surface area contributed by atoms with Crippen molar-refractivity contribution in [3.05, 3.63) is 47.3 Å². The predicted octanol–water partition coefficient (Wildman–Crippen LogP) is 3.60. The second kappa shape index (κ2) is 6.62. The van der Waals surface area contributed by atoms with Gasteiger partial charge in [0, 0.05) is 23.6 Å². The maximum Gasteiger partial charge on any atom is 0.119 e. The first kappa shape index (κ1) is 14.7. The molecule has 3 nitrogen and oxygen atoms in total. The van der Waals surface area contributed by atoms with Crippen LogP contribution in [0.2, 0.25) is 0 Å². The van der Waals surface area contributed by atoms with Crippen molar-refractivity contribution in [3.8, 4) is 11.4 Å². The van der Waals surface area contributed by atoms with E-state index >= 15 is 0 Å². The standard InChI is InChI=1S/C17H24N2O/c1-5-18-12-15-11-13(3)19(14(15)4)16-7-9-17(10-8-16)20-6-2/h7-11,18H,5-6,12H2,1-4H3. The average molecular weight is 272 g/mol. The third kappa shape index (κ3) is 3.05. The predicted molar refractivity (Wildman–Crippen MR) is 83.8 cm³/mol. The maximum absolute atomic E-state index is 5.50. The van der Waals surface area contributed by atoms with Gasteiger partial charge in [-0.25, -0.2) is 0 Å². The molecule has 1 aromatic heterocycles. The van der Waals surface area contributed by atoms with E-state index in [1.54, 1.807) is 0 Å². The van der Waals surface area contributed by atoms with Crippen molar-refractivity contribution in [3.63, 3.8) is 0 Å². The molecule has 0 fully saturated rings. The van der Waals surface area contributed by atoms with E-state index in [4.69, 9.17) is 4.74 Å². The summed E-state index contributed by atoms with van der Waals surface area (Å²) >= 11 is 0. The Bertz CT molecular complexity index is 555. The highest BCUT2D eigenvalue weighted by Gasteiger charge is 2.10. The largest absolute Gasteiger partial charge is 0.494 e. The van der Waals surface area contributed by atoms with Crippen molar-refractivity contribution in [2.45, 2.75) is 34.2 Å². The molecular formula is C17H24N2O. The molecule has 1 N–H and O–H groups in total. The molecule has 0 aliphatic heterocycles. The van der Waals surface area contributed by atoms with Crippen LogP contribution < -0.4 is 10.1 Å². The molecule has 0 amide bonds. The normalized spacial score (nSPS) is 10.8. The summed E-state index contributed by atoms with van der Waals surface area (Å²) in [6, 6.07) is 10.5. The first-order chi connectivity index (χ1) is 9.67. The maximum atomic E-state index is 5.50. The minimum atomic E-state index is 0.702. The van der Waals surface area contributed by atoms with Crippen molar-refractivity contribution in [1.82, 2.24) is 9.88 Å². The molecule has 0 saturated heterocycles. The molecule has 0 spiro atoms. The van der Waals surface area contributed by atoms with Crippen LogP contribution in [0.25, 0.3) is 5.69 Å². The van der Waals surface area contributed by atoms with Crippen LogP contribution in [0.5, 0.6) is 5.75 Å². The van der Waals surface area contributed by atoms with Gasteiger partial charge in [-0.15, -0.1) is 0 Å². The lowest BCUT2D eigenvalue weighted by atomic mass is 10.2. The Morgan fingerprint density at radius 2 is 1.80 bits per heavy atom. The van der Waals surface area contributed by atoms with Gasteiger partial charge in [-0.2, -0.15) is 0 Å². The fourth-order valence-electron chi connectivity index (χ4n) is 2.52. The van der Waals surface area contributed by atoms with Gasteiger partial charge in [-0.3, -0.25) is 0 Å². The van der Waals surface area contributed by atoms with Crippen molar-refractivity contribution in [2.75, 3.05) is 13.2 Å². The van der Waals surface area contributed by atoms with Crippen LogP contribution in [0, 0.1) is 13.8 Å². The quantitative estimate of drug-likeness (QED) is 0.869. The molecule has 20 heavy (non-hydrogen) atoms. The molecule has 1 heterocycles. The summed E-state index contributed by atoms with van der Waals surface area (Å²) in [4.78, 5) is 0. The van der Waals surface area contributed by atoms with Gasteiger partial charge in [0.25, 0.3) is 0 Å². The van der Waals surface area contributed by atoms with Crippen LogP contribution in [-0.4, -0.2) is 17.7 Å². The Labute approximate surface area is 121 Å². The van der Waals surface area contributed by atoms with Crippen LogP contribution in [0.3, 0.4) is 0 Å². The van der Waals surface area contributed by atoms with E-state index in [9.17, 15) is 0 Å². The van der Waals surface area contributed by atoms with Gasteiger partial charge >= 0.3 is 0 Å². The molecule has 0 atom stereocenters. The highest BCUT2D eigenvalue weighted by Crippen LogP contribution is 2.22. The lowest BCUT2D eigenvalue weighted by molar-refractivity contribution is 0.340. The monoisotopic (exact) mass is 272 g/mol. The first-order valence-corrected chi connectivity index (χ1v) is 7.29. The zero-order chi connectivity index (χ0) is 14.5. The van der Waals surface area contributed by atoms with Crippen LogP contribution in [0.4, 0.5) is 0 Å². The second-order valence-electron chi connectivity index (χ2n) is 4.94. The zero-order valence-corrected chi connectivity index (χ0v) is 12.9. The number of aryl methyl sites for hydroxylation is 1. The summed E-state index contributed by atoms with van der Waals surface area (Å²) in [5, 5.41) is 3.39. The molecule has 0 saturated carbocycles. The molecule has 3 heteroatoms. The van der Waals surface area contributed by atoms with Crippen LogP contribution in [0.1, 0.15) is 30.8 Å². The second-order valence-corrected chi connectivity index (χ2v) is 4.94. The van der Waals surface area contributed by atoms with Gasteiger partial charge in [-0.1, -0.05) is 6.92 Å². The van der Waals surface area contributed by atoms with Gasteiger partial charge < -0.3 is 14.6 Å². The van der Waals surface area contributed by atoms with Gasteiger partial charge in [0.1, 0.15) is 5.75 Å². The summed E-state index contributed by atoms with van der Waals surface area (Å²) in [7, 11) is 0. The molecule has 0 bridgehead atoms.